The van der Waals surface area contributed by atoms with Crippen LogP contribution in [-0.2, 0) is 9.59 Å². The van der Waals surface area contributed by atoms with Gasteiger partial charge in [0.2, 0.25) is 23.6 Å². The van der Waals surface area contributed by atoms with Crippen LogP contribution in [0.2, 0.25) is 0 Å². The number of halogens is 2. The summed E-state index contributed by atoms with van der Waals surface area (Å²) in [6.45, 7) is 0.996. The molecular formula is C21H21F2N3O4. The highest BCUT2D eigenvalue weighted by atomic mass is 19.3. The molecular weight excluding hydrogens is 396 g/mol. The highest BCUT2D eigenvalue weighted by Gasteiger charge is 2.51. The number of aromatic nitrogens is 1. The maximum Gasteiger partial charge on any atom is 0.254 e. The average molecular weight is 417 g/mol. The Hall–Kier alpha value is -2.84. The SMILES string of the molecule is O=C1CCC(c2nc3ccc(C(=O)N4CC5(CCC(F)(F)CC5)C4)cc3o2)C(=O)N1. The number of likely N-dealkylation sites (tertiary alicyclic amines) is 1. The molecule has 158 valence electrons. The van der Waals surface area contributed by atoms with Crippen molar-refractivity contribution >= 4 is 28.8 Å². The van der Waals surface area contributed by atoms with Gasteiger partial charge in [-0.05, 0) is 37.5 Å². The Bertz CT molecular complexity index is 1050. The predicted octanol–water partition coefficient (Wildman–Crippen LogP) is 3.00. The number of carbonyl (C=O) groups is 3. The summed E-state index contributed by atoms with van der Waals surface area (Å²) in [5.74, 6) is -3.89. The molecule has 2 aromatic rings. The number of piperidine rings is 1. The molecule has 1 aromatic heterocycles. The lowest BCUT2D eigenvalue weighted by Gasteiger charge is -2.53. The fraction of sp³-hybridized carbons (Fsp3) is 0.524. The van der Waals surface area contributed by atoms with E-state index in [4.69, 9.17) is 4.42 Å². The monoisotopic (exact) mass is 417 g/mol. The molecule has 5 rings (SSSR count). The molecule has 9 heteroatoms. The number of fused-ring (bicyclic) bond motifs is 1. The van der Waals surface area contributed by atoms with Crippen LogP contribution in [0.4, 0.5) is 8.78 Å². The van der Waals surface area contributed by atoms with Crippen LogP contribution in [0.5, 0.6) is 0 Å². The predicted molar refractivity (Wildman–Crippen MR) is 101 cm³/mol. The quantitative estimate of drug-likeness (QED) is 0.759. The van der Waals surface area contributed by atoms with E-state index >= 15 is 0 Å². The van der Waals surface area contributed by atoms with Gasteiger partial charge in [0.25, 0.3) is 5.91 Å². The molecule has 0 bridgehead atoms. The van der Waals surface area contributed by atoms with E-state index in [-0.39, 0.29) is 42.4 Å². The van der Waals surface area contributed by atoms with Crippen molar-refractivity contribution in [3.63, 3.8) is 0 Å². The Kier molecular flexibility index (Phi) is 4.20. The highest BCUT2D eigenvalue weighted by molar-refractivity contribution is 6.01. The van der Waals surface area contributed by atoms with Crippen molar-refractivity contribution < 1.29 is 27.6 Å². The Morgan fingerprint density at radius 1 is 1.17 bits per heavy atom. The fourth-order valence-electron chi connectivity index (χ4n) is 4.71. The topological polar surface area (TPSA) is 92.5 Å². The Balaban J connectivity index is 1.29. The van der Waals surface area contributed by atoms with Crippen LogP contribution < -0.4 is 5.32 Å². The van der Waals surface area contributed by atoms with Gasteiger partial charge in [-0.1, -0.05) is 0 Å². The Morgan fingerprint density at radius 2 is 1.90 bits per heavy atom. The van der Waals surface area contributed by atoms with Gasteiger partial charge in [0.05, 0.1) is 0 Å². The lowest BCUT2D eigenvalue weighted by Crippen LogP contribution is -2.60. The summed E-state index contributed by atoms with van der Waals surface area (Å²) >= 11 is 0. The van der Waals surface area contributed by atoms with Gasteiger partial charge in [-0.3, -0.25) is 19.7 Å². The van der Waals surface area contributed by atoms with E-state index in [1.165, 1.54) is 0 Å². The molecule has 1 aromatic carbocycles. The Morgan fingerprint density at radius 3 is 2.60 bits per heavy atom. The largest absolute Gasteiger partial charge is 0.440 e. The number of nitrogens with one attached hydrogen (secondary N) is 1. The molecule has 1 aliphatic carbocycles. The van der Waals surface area contributed by atoms with Crippen molar-refractivity contribution in [2.45, 2.75) is 50.4 Å². The van der Waals surface area contributed by atoms with Gasteiger partial charge < -0.3 is 9.32 Å². The second-order valence-corrected chi connectivity index (χ2v) is 8.76. The van der Waals surface area contributed by atoms with E-state index in [1.54, 1.807) is 23.1 Å². The molecule has 3 amide bonds. The van der Waals surface area contributed by atoms with Gasteiger partial charge in [0.15, 0.2) is 5.58 Å². The van der Waals surface area contributed by atoms with Crippen molar-refractivity contribution in [2.24, 2.45) is 5.41 Å². The molecule has 3 fully saturated rings. The highest BCUT2D eigenvalue weighted by Crippen LogP contribution is 2.49. The number of benzene rings is 1. The van der Waals surface area contributed by atoms with E-state index in [9.17, 15) is 23.2 Å². The second-order valence-electron chi connectivity index (χ2n) is 8.76. The Labute approximate surface area is 170 Å². The van der Waals surface area contributed by atoms with E-state index in [0.29, 0.717) is 49.0 Å². The number of nitrogens with zero attached hydrogens (tertiary/aromatic N) is 2. The van der Waals surface area contributed by atoms with Crippen LogP contribution in [0.15, 0.2) is 22.6 Å². The minimum absolute atomic E-state index is 0.109. The van der Waals surface area contributed by atoms with Crippen LogP contribution in [0.3, 0.4) is 0 Å². The third kappa shape index (κ3) is 3.26. The lowest BCUT2D eigenvalue weighted by molar-refractivity contribution is -0.134. The number of hydrogen-bond donors (Lipinski definition) is 1. The van der Waals surface area contributed by atoms with E-state index in [0.717, 1.165) is 0 Å². The number of amides is 3. The molecule has 30 heavy (non-hydrogen) atoms. The molecule has 2 aliphatic heterocycles. The first-order valence-electron chi connectivity index (χ1n) is 10.2. The summed E-state index contributed by atoms with van der Waals surface area (Å²) in [7, 11) is 0. The first kappa shape index (κ1) is 19.1. The van der Waals surface area contributed by atoms with Gasteiger partial charge >= 0.3 is 0 Å². The summed E-state index contributed by atoms with van der Waals surface area (Å²) in [6, 6.07) is 4.92. The standard InChI is InChI=1S/C21H21F2N3O4/c22-21(23)7-5-20(6-8-21)10-26(11-20)19(29)12-1-3-14-15(9-12)30-18(24-14)13-2-4-16(27)25-17(13)28/h1,3,9,13H,2,4-8,10-11H2,(H,25,27,28). The molecule has 1 saturated carbocycles. The summed E-state index contributed by atoms with van der Waals surface area (Å²) < 4.78 is 32.6. The molecule has 3 aliphatic rings. The number of imide groups is 1. The van der Waals surface area contributed by atoms with Gasteiger partial charge in [0.1, 0.15) is 11.4 Å². The van der Waals surface area contributed by atoms with Crippen molar-refractivity contribution in [3.8, 4) is 0 Å². The lowest BCUT2D eigenvalue weighted by atomic mass is 9.67. The molecule has 1 spiro atoms. The summed E-state index contributed by atoms with van der Waals surface area (Å²) in [4.78, 5) is 42.2. The minimum atomic E-state index is -2.58. The average Bonchev–Trinajstić information content (AvgIpc) is 3.09. The van der Waals surface area contributed by atoms with Crippen LogP contribution in [0.1, 0.15) is 60.7 Å². The third-order valence-electron chi connectivity index (χ3n) is 6.57. The minimum Gasteiger partial charge on any atom is -0.440 e. The molecule has 7 nitrogen and oxygen atoms in total. The molecule has 3 heterocycles. The summed E-state index contributed by atoms with van der Waals surface area (Å²) in [5.41, 5.74) is 1.19. The zero-order valence-corrected chi connectivity index (χ0v) is 16.2. The zero-order valence-electron chi connectivity index (χ0n) is 16.2. The molecule has 0 radical (unpaired) electrons. The van der Waals surface area contributed by atoms with Crippen molar-refractivity contribution in [3.05, 3.63) is 29.7 Å². The van der Waals surface area contributed by atoms with E-state index in [2.05, 4.69) is 10.3 Å². The van der Waals surface area contributed by atoms with Crippen molar-refractivity contribution in [1.29, 1.82) is 0 Å². The number of alkyl halides is 2. The number of oxazole rings is 1. The molecule has 2 saturated heterocycles. The molecule has 1 N–H and O–H groups in total. The number of carbonyl (C=O) groups excluding carboxylic acids is 3. The maximum absolute atomic E-state index is 13.4. The van der Waals surface area contributed by atoms with Gasteiger partial charge in [-0.25, -0.2) is 13.8 Å². The smallest absolute Gasteiger partial charge is 0.254 e. The van der Waals surface area contributed by atoms with E-state index < -0.39 is 17.7 Å². The number of rotatable bonds is 2. The summed E-state index contributed by atoms with van der Waals surface area (Å²) in [6.07, 6.45) is 1.23. The van der Waals surface area contributed by atoms with Gasteiger partial charge in [-0.15, -0.1) is 0 Å². The van der Waals surface area contributed by atoms with Crippen molar-refractivity contribution in [1.82, 2.24) is 15.2 Å². The molecule has 1 unspecified atom stereocenters. The first-order valence-corrected chi connectivity index (χ1v) is 10.2. The molecule has 1 atom stereocenters. The van der Waals surface area contributed by atoms with Crippen molar-refractivity contribution in [2.75, 3.05) is 13.1 Å². The van der Waals surface area contributed by atoms with Gasteiger partial charge in [-0.2, -0.15) is 0 Å². The van der Waals surface area contributed by atoms with Crippen LogP contribution in [-0.4, -0.2) is 46.6 Å². The maximum atomic E-state index is 13.4. The normalized spacial score (nSPS) is 25.3. The van der Waals surface area contributed by atoms with Crippen LogP contribution in [0, 0.1) is 5.41 Å². The second kappa shape index (κ2) is 6.58. The van der Waals surface area contributed by atoms with Crippen LogP contribution in [0.25, 0.3) is 11.1 Å². The van der Waals surface area contributed by atoms with Crippen LogP contribution >= 0.6 is 0 Å². The number of hydrogen-bond acceptors (Lipinski definition) is 5. The third-order valence-corrected chi connectivity index (χ3v) is 6.57. The zero-order chi connectivity index (χ0) is 21.1. The first-order chi connectivity index (χ1) is 14.2. The van der Waals surface area contributed by atoms with E-state index in [1.807, 2.05) is 0 Å². The fourth-order valence-corrected chi connectivity index (χ4v) is 4.71. The van der Waals surface area contributed by atoms with Gasteiger partial charge in [0, 0.05) is 43.3 Å². The summed E-state index contributed by atoms with van der Waals surface area (Å²) in [5, 5.41) is 2.28.